The molecule has 134 valence electrons. The normalized spacial score (nSPS) is 21.2. The van der Waals surface area contributed by atoms with Gasteiger partial charge in [-0.25, -0.2) is 0 Å². The van der Waals surface area contributed by atoms with Crippen molar-refractivity contribution in [3.05, 3.63) is 41.5 Å². The van der Waals surface area contributed by atoms with Gasteiger partial charge in [-0.2, -0.15) is 0 Å². The van der Waals surface area contributed by atoms with E-state index in [9.17, 15) is 0 Å². The van der Waals surface area contributed by atoms with Gasteiger partial charge >= 0.3 is 0 Å². The fourth-order valence-corrected chi connectivity index (χ4v) is 4.52. The predicted octanol–water partition coefficient (Wildman–Crippen LogP) is 6.12. The standard InChI is InChI=1S/C23H37N/c1-5-15-24(16-6-2)23-12-10-9-11-22(23)18-19-13-14-20(7-3)21(8-4)17-19/h7,13-14,17,22-23H,3,5-6,8-12,15-16,18H2,1-2,4H3. The topological polar surface area (TPSA) is 3.24 Å². The Kier molecular flexibility index (Phi) is 8.05. The van der Waals surface area contributed by atoms with E-state index in [0.717, 1.165) is 18.4 Å². The van der Waals surface area contributed by atoms with Crippen molar-refractivity contribution in [1.29, 1.82) is 0 Å². The lowest BCUT2D eigenvalue weighted by Gasteiger charge is -2.40. The summed E-state index contributed by atoms with van der Waals surface area (Å²) in [6, 6.07) is 7.84. The lowest BCUT2D eigenvalue weighted by molar-refractivity contribution is 0.103. The first kappa shape index (κ1) is 19.2. The summed E-state index contributed by atoms with van der Waals surface area (Å²) in [4.78, 5) is 2.79. The minimum Gasteiger partial charge on any atom is -0.300 e. The number of benzene rings is 1. The van der Waals surface area contributed by atoms with Crippen LogP contribution in [0.5, 0.6) is 0 Å². The van der Waals surface area contributed by atoms with Crippen molar-refractivity contribution in [2.24, 2.45) is 5.92 Å². The van der Waals surface area contributed by atoms with Crippen LogP contribution in [0, 0.1) is 5.92 Å². The van der Waals surface area contributed by atoms with Crippen molar-refractivity contribution >= 4 is 6.08 Å². The summed E-state index contributed by atoms with van der Waals surface area (Å²) in [5.41, 5.74) is 4.29. The predicted molar refractivity (Wildman–Crippen MR) is 108 cm³/mol. The molecule has 1 heteroatoms. The van der Waals surface area contributed by atoms with Gasteiger partial charge in [-0.3, -0.25) is 0 Å². The van der Waals surface area contributed by atoms with Crippen LogP contribution in [-0.4, -0.2) is 24.0 Å². The van der Waals surface area contributed by atoms with E-state index >= 15 is 0 Å². The highest BCUT2D eigenvalue weighted by Crippen LogP contribution is 2.32. The summed E-state index contributed by atoms with van der Waals surface area (Å²) >= 11 is 0. The van der Waals surface area contributed by atoms with Gasteiger partial charge in [0.15, 0.2) is 0 Å². The molecule has 0 saturated heterocycles. The molecule has 0 aliphatic heterocycles. The third kappa shape index (κ3) is 4.96. The van der Waals surface area contributed by atoms with Crippen LogP contribution in [0.25, 0.3) is 6.08 Å². The van der Waals surface area contributed by atoms with E-state index in [1.165, 1.54) is 74.7 Å². The second kappa shape index (κ2) is 10.0. The zero-order valence-corrected chi connectivity index (χ0v) is 16.2. The van der Waals surface area contributed by atoms with Crippen molar-refractivity contribution in [2.75, 3.05) is 13.1 Å². The van der Waals surface area contributed by atoms with Crippen molar-refractivity contribution in [2.45, 2.75) is 78.2 Å². The van der Waals surface area contributed by atoms with Gasteiger partial charge in [0, 0.05) is 6.04 Å². The second-order valence-corrected chi connectivity index (χ2v) is 7.44. The number of hydrogen-bond acceptors (Lipinski definition) is 1. The third-order valence-corrected chi connectivity index (χ3v) is 5.67. The third-order valence-electron chi connectivity index (χ3n) is 5.67. The largest absolute Gasteiger partial charge is 0.300 e. The van der Waals surface area contributed by atoms with E-state index in [2.05, 4.69) is 50.4 Å². The maximum Gasteiger partial charge on any atom is 0.0127 e. The van der Waals surface area contributed by atoms with Crippen LogP contribution in [-0.2, 0) is 12.8 Å². The quantitative estimate of drug-likeness (QED) is 0.528. The smallest absolute Gasteiger partial charge is 0.0127 e. The number of hydrogen-bond donors (Lipinski definition) is 0. The molecule has 0 bridgehead atoms. The number of nitrogens with zero attached hydrogens (tertiary/aromatic N) is 1. The Morgan fingerprint density at radius 2 is 1.79 bits per heavy atom. The Morgan fingerprint density at radius 1 is 1.08 bits per heavy atom. The molecule has 1 aliphatic carbocycles. The van der Waals surface area contributed by atoms with Crippen LogP contribution in [0.3, 0.4) is 0 Å². The Labute approximate surface area is 150 Å². The van der Waals surface area contributed by atoms with Gasteiger partial charge in [0.2, 0.25) is 0 Å². The van der Waals surface area contributed by atoms with Crippen molar-refractivity contribution in [1.82, 2.24) is 4.90 Å². The van der Waals surface area contributed by atoms with Crippen LogP contribution in [0.15, 0.2) is 24.8 Å². The zero-order valence-electron chi connectivity index (χ0n) is 16.2. The maximum absolute atomic E-state index is 3.95. The van der Waals surface area contributed by atoms with E-state index in [1.54, 1.807) is 0 Å². The highest BCUT2D eigenvalue weighted by Gasteiger charge is 2.29. The molecule has 2 unspecified atom stereocenters. The van der Waals surface area contributed by atoms with Crippen LogP contribution in [0.2, 0.25) is 0 Å². The summed E-state index contributed by atoms with van der Waals surface area (Å²) in [5, 5.41) is 0. The first-order valence-corrected chi connectivity index (χ1v) is 10.2. The molecule has 1 fully saturated rings. The molecule has 0 aromatic heterocycles. The van der Waals surface area contributed by atoms with Gasteiger partial charge in [-0.05, 0) is 74.2 Å². The zero-order chi connectivity index (χ0) is 17.4. The molecule has 0 spiro atoms. The van der Waals surface area contributed by atoms with Gasteiger partial charge in [-0.15, -0.1) is 0 Å². The van der Waals surface area contributed by atoms with E-state index in [1.807, 2.05) is 6.08 Å². The molecule has 24 heavy (non-hydrogen) atoms. The maximum atomic E-state index is 3.95. The summed E-state index contributed by atoms with van der Waals surface area (Å²) < 4.78 is 0. The van der Waals surface area contributed by atoms with Crippen LogP contribution >= 0.6 is 0 Å². The molecular weight excluding hydrogens is 290 g/mol. The minimum atomic E-state index is 0.794. The molecular formula is C23H37N. The van der Waals surface area contributed by atoms with E-state index < -0.39 is 0 Å². The SMILES string of the molecule is C=Cc1ccc(CC2CCCCC2N(CCC)CCC)cc1CC. The molecule has 1 aromatic rings. The van der Waals surface area contributed by atoms with Crippen LogP contribution in [0.1, 0.15) is 76.0 Å². The minimum absolute atomic E-state index is 0.794. The Bertz CT molecular complexity index is 499. The summed E-state index contributed by atoms with van der Waals surface area (Å²) in [6.07, 6.45) is 12.5. The Morgan fingerprint density at radius 3 is 2.42 bits per heavy atom. The molecule has 1 saturated carbocycles. The average molecular weight is 328 g/mol. The van der Waals surface area contributed by atoms with Gasteiger partial charge in [-0.1, -0.05) is 64.5 Å². The number of aryl methyl sites for hydroxylation is 1. The Hall–Kier alpha value is -1.08. The van der Waals surface area contributed by atoms with Crippen LogP contribution in [0.4, 0.5) is 0 Å². The molecule has 0 heterocycles. The van der Waals surface area contributed by atoms with E-state index in [-0.39, 0.29) is 0 Å². The molecule has 1 aromatic carbocycles. The Balaban J connectivity index is 2.14. The number of rotatable bonds is 9. The summed E-state index contributed by atoms with van der Waals surface area (Å²) in [7, 11) is 0. The molecule has 2 rings (SSSR count). The molecule has 0 N–H and O–H groups in total. The van der Waals surface area contributed by atoms with Crippen LogP contribution < -0.4 is 0 Å². The lowest BCUT2D eigenvalue weighted by atomic mass is 9.79. The first-order valence-electron chi connectivity index (χ1n) is 10.2. The molecule has 1 nitrogen and oxygen atoms in total. The molecule has 2 atom stereocenters. The van der Waals surface area contributed by atoms with Gasteiger partial charge in [0.05, 0.1) is 0 Å². The van der Waals surface area contributed by atoms with Gasteiger partial charge in [0.1, 0.15) is 0 Å². The average Bonchev–Trinajstić information content (AvgIpc) is 2.62. The lowest BCUT2D eigenvalue weighted by Crippen LogP contribution is -2.44. The second-order valence-electron chi connectivity index (χ2n) is 7.44. The van der Waals surface area contributed by atoms with Gasteiger partial charge < -0.3 is 4.90 Å². The summed E-state index contributed by atoms with van der Waals surface area (Å²) in [5.74, 6) is 0.830. The van der Waals surface area contributed by atoms with Crippen molar-refractivity contribution in [3.63, 3.8) is 0 Å². The highest BCUT2D eigenvalue weighted by molar-refractivity contribution is 5.53. The van der Waals surface area contributed by atoms with E-state index in [4.69, 9.17) is 0 Å². The van der Waals surface area contributed by atoms with Crippen molar-refractivity contribution < 1.29 is 0 Å². The highest BCUT2D eigenvalue weighted by atomic mass is 15.2. The molecule has 0 radical (unpaired) electrons. The fraction of sp³-hybridized carbons (Fsp3) is 0.652. The summed E-state index contributed by atoms with van der Waals surface area (Å²) in [6.45, 7) is 13.4. The van der Waals surface area contributed by atoms with E-state index in [0.29, 0.717) is 0 Å². The monoisotopic (exact) mass is 327 g/mol. The van der Waals surface area contributed by atoms with Crippen molar-refractivity contribution in [3.8, 4) is 0 Å². The first-order chi connectivity index (χ1) is 11.7. The molecule has 0 amide bonds. The fourth-order valence-electron chi connectivity index (χ4n) is 4.52. The molecule has 1 aliphatic rings. The van der Waals surface area contributed by atoms with Gasteiger partial charge in [0.25, 0.3) is 0 Å².